The molecule has 0 aliphatic rings. The van der Waals surface area contributed by atoms with Crippen LogP contribution >= 0.6 is 11.3 Å². The van der Waals surface area contributed by atoms with Crippen molar-refractivity contribution in [1.29, 1.82) is 5.41 Å². The molecule has 3 aromatic rings. The quantitative estimate of drug-likeness (QED) is 0.668. The fourth-order valence-corrected chi connectivity index (χ4v) is 3.38. The first-order valence-electron chi connectivity index (χ1n) is 5.68. The summed E-state index contributed by atoms with van der Waals surface area (Å²) in [4.78, 5) is 0. The number of fused-ring (bicyclic) bond motifs is 3. The molecule has 0 spiro atoms. The summed E-state index contributed by atoms with van der Waals surface area (Å²) in [6.07, 6.45) is 3.04. The lowest BCUT2D eigenvalue weighted by Gasteiger charge is -2.00. The zero-order valence-electron chi connectivity index (χ0n) is 9.68. The van der Waals surface area contributed by atoms with E-state index in [1.54, 1.807) is 17.4 Å². The van der Waals surface area contributed by atoms with Crippen molar-refractivity contribution in [3.8, 4) is 0 Å². The zero-order valence-corrected chi connectivity index (χ0v) is 10.5. The van der Waals surface area contributed by atoms with E-state index in [1.807, 2.05) is 24.3 Å². The Morgan fingerprint density at radius 2 is 1.83 bits per heavy atom. The smallest absolute Gasteiger partial charge is 0.0640 e. The molecule has 0 saturated carbocycles. The molecule has 2 nitrogen and oxygen atoms in total. The molecule has 0 amide bonds. The number of rotatable bonds is 2. The van der Waals surface area contributed by atoms with Gasteiger partial charge in [0.1, 0.15) is 0 Å². The fraction of sp³-hybridized carbons (Fsp3) is 0. The van der Waals surface area contributed by atoms with E-state index in [0.717, 1.165) is 10.3 Å². The normalized spacial score (nSPS) is 11.6. The minimum atomic E-state index is 0.453. The van der Waals surface area contributed by atoms with Crippen LogP contribution in [0.4, 0.5) is 0 Å². The molecular weight excluding hydrogens is 240 g/mol. The van der Waals surface area contributed by atoms with Gasteiger partial charge in [-0.3, -0.25) is 0 Å². The van der Waals surface area contributed by atoms with E-state index in [2.05, 4.69) is 18.2 Å². The summed E-state index contributed by atoms with van der Waals surface area (Å²) in [6.45, 7) is 0. The Hall–Kier alpha value is -2.13. The second-order valence-electron chi connectivity index (χ2n) is 4.05. The predicted octanol–water partition coefficient (Wildman–Crippen LogP) is 3.89. The zero-order chi connectivity index (χ0) is 12.5. The number of allylic oxidation sites excluding steroid dienone is 1. The number of hydrogen-bond acceptors (Lipinski definition) is 3. The number of nitrogens with one attached hydrogen (secondary N) is 1. The maximum absolute atomic E-state index is 8.03. The highest BCUT2D eigenvalue weighted by atomic mass is 32.1. The van der Waals surface area contributed by atoms with Crippen LogP contribution in [0.5, 0.6) is 0 Å². The molecule has 1 heterocycles. The van der Waals surface area contributed by atoms with Crippen molar-refractivity contribution in [2.75, 3.05) is 0 Å². The van der Waals surface area contributed by atoms with Gasteiger partial charge in [0.05, 0.1) is 5.71 Å². The maximum atomic E-state index is 8.03. The summed E-state index contributed by atoms with van der Waals surface area (Å²) in [5.41, 5.74) is 6.76. The molecule has 1 aromatic heterocycles. The SMILES string of the molecule is N=C(/C=C\N)c1cccc2c1sc1ccccc12. The van der Waals surface area contributed by atoms with E-state index in [9.17, 15) is 0 Å². The third-order valence-corrected chi connectivity index (χ3v) is 4.18. The molecule has 0 fully saturated rings. The lowest BCUT2D eigenvalue weighted by atomic mass is 10.1. The Kier molecular flexibility index (Phi) is 2.61. The topological polar surface area (TPSA) is 49.9 Å². The van der Waals surface area contributed by atoms with Gasteiger partial charge in [0.25, 0.3) is 0 Å². The second kappa shape index (κ2) is 4.27. The molecule has 0 saturated heterocycles. The predicted molar refractivity (Wildman–Crippen MR) is 79.5 cm³/mol. The van der Waals surface area contributed by atoms with Gasteiger partial charge in [0.2, 0.25) is 0 Å². The van der Waals surface area contributed by atoms with Crippen molar-refractivity contribution in [3.05, 3.63) is 60.3 Å². The fourth-order valence-electron chi connectivity index (χ4n) is 2.15. The summed E-state index contributed by atoms with van der Waals surface area (Å²) in [6, 6.07) is 14.4. The molecule has 2 aromatic carbocycles. The van der Waals surface area contributed by atoms with E-state index in [-0.39, 0.29) is 0 Å². The van der Waals surface area contributed by atoms with E-state index in [1.165, 1.54) is 21.7 Å². The summed E-state index contributed by atoms with van der Waals surface area (Å²) in [7, 11) is 0. The van der Waals surface area contributed by atoms with Crippen molar-refractivity contribution in [1.82, 2.24) is 0 Å². The molecule has 18 heavy (non-hydrogen) atoms. The van der Waals surface area contributed by atoms with Gasteiger partial charge in [-0.05, 0) is 18.3 Å². The molecule has 3 rings (SSSR count). The van der Waals surface area contributed by atoms with Crippen LogP contribution in [0.3, 0.4) is 0 Å². The molecule has 0 aliphatic heterocycles. The molecule has 0 bridgehead atoms. The van der Waals surface area contributed by atoms with E-state index >= 15 is 0 Å². The largest absolute Gasteiger partial charge is 0.405 e. The molecule has 3 N–H and O–H groups in total. The van der Waals surface area contributed by atoms with Gasteiger partial charge in [-0.1, -0.05) is 36.4 Å². The van der Waals surface area contributed by atoms with Gasteiger partial charge in [-0.25, -0.2) is 0 Å². The Morgan fingerprint density at radius 3 is 2.67 bits per heavy atom. The van der Waals surface area contributed by atoms with Crippen LogP contribution in [-0.2, 0) is 0 Å². The average Bonchev–Trinajstić information content (AvgIpc) is 2.77. The van der Waals surface area contributed by atoms with Gasteiger partial charge in [0.15, 0.2) is 0 Å². The first-order chi connectivity index (χ1) is 8.81. The highest BCUT2D eigenvalue weighted by Gasteiger charge is 2.09. The molecule has 88 valence electrons. The highest BCUT2D eigenvalue weighted by Crippen LogP contribution is 2.35. The Balaban J connectivity index is 2.37. The van der Waals surface area contributed by atoms with Crippen molar-refractivity contribution in [2.45, 2.75) is 0 Å². The third kappa shape index (κ3) is 1.60. The van der Waals surface area contributed by atoms with Crippen LogP contribution in [0.15, 0.2) is 54.7 Å². The van der Waals surface area contributed by atoms with E-state index in [0.29, 0.717) is 5.71 Å². The van der Waals surface area contributed by atoms with Gasteiger partial charge >= 0.3 is 0 Å². The van der Waals surface area contributed by atoms with Crippen LogP contribution in [0, 0.1) is 5.41 Å². The average molecular weight is 252 g/mol. The molecule has 0 radical (unpaired) electrons. The Labute approximate surface area is 109 Å². The van der Waals surface area contributed by atoms with Crippen LogP contribution in [-0.4, -0.2) is 5.71 Å². The van der Waals surface area contributed by atoms with Crippen molar-refractivity contribution in [3.63, 3.8) is 0 Å². The standard InChI is InChI=1S/C15H12N2S/c16-9-8-13(17)12-6-3-5-11-10-4-1-2-7-14(10)18-15(11)12/h1-9,17H,16H2/b9-8-,17-13?. The molecule has 0 aliphatic carbocycles. The summed E-state index contributed by atoms with van der Waals surface area (Å²) >= 11 is 1.73. The lowest BCUT2D eigenvalue weighted by molar-refractivity contribution is 1.50. The summed E-state index contributed by atoms with van der Waals surface area (Å²) in [5, 5.41) is 10.5. The van der Waals surface area contributed by atoms with Crippen LogP contribution in [0.2, 0.25) is 0 Å². The van der Waals surface area contributed by atoms with E-state index in [4.69, 9.17) is 11.1 Å². The minimum Gasteiger partial charge on any atom is -0.405 e. The molecular formula is C15H12N2S. The number of nitrogens with two attached hydrogens (primary N) is 1. The minimum absolute atomic E-state index is 0.453. The second-order valence-corrected chi connectivity index (χ2v) is 5.11. The summed E-state index contributed by atoms with van der Waals surface area (Å²) in [5.74, 6) is 0. The molecule has 0 unspecified atom stereocenters. The Morgan fingerprint density at radius 1 is 1.06 bits per heavy atom. The van der Waals surface area contributed by atoms with Gasteiger partial charge in [-0.2, -0.15) is 0 Å². The monoisotopic (exact) mass is 252 g/mol. The molecule has 3 heteroatoms. The number of benzene rings is 2. The van der Waals surface area contributed by atoms with E-state index < -0.39 is 0 Å². The lowest BCUT2D eigenvalue weighted by Crippen LogP contribution is -1.95. The maximum Gasteiger partial charge on any atom is 0.0640 e. The van der Waals surface area contributed by atoms with Crippen LogP contribution < -0.4 is 5.73 Å². The van der Waals surface area contributed by atoms with Crippen LogP contribution in [0.1, 0.15) is 5.56 Å². The van der Waals surface area contributed by atoms with Crippen molar-refractivity contribution in [2.24, 2.45) is 5.73 Å². The van der Waals surface area contributed by atoms with Crippen molar-refractivity contribution >= 4 is 37.2 Å². The van der Waals surface area contributed by atoms with Gasteiger partial charge in [0, 0.05) is 25.7 Å². The molecule has 0 atom stereocenters. The Bertz CT molecular complexity index is 768. The van der Waals surface area contributed by atoms with Crippen LogP contribution in [0.25, 0.3) is 20.2 Å². The summed E-state index contributed by atoms with van der Waals surface area (Å²) < 4.78 is 2.41. The van der Waals surface area contributed by atoms with Gasteiger partial charge < -0.3 is 11.1 Å². The first kappa shape index (κ1) is 11.0. The van der Waals surface area contributed by atoms with Crippen molar-refractivity contribution < 1.29 is 0 Å². The third-order valence-electron chi connectivity index (χ3n) is 2.96. The van der Waals surface area contributed by atoms with Gasteiger partial charge in [-0.15, -0.1) is 11.3 Å². The number of thiophene rings is 1. The highest BCUT2D eigenvalue weighted by molar-refractivity contribution is 7.26. The number of hydrogen-bond donors (Lipinski definition) is 2. The first-order valence-corrected chi connectivity index (χ1v) is 6.50.